The number of ether oxygens (including phenoxy) is 1. The summed E-state index contributed by atoms with van der Waals surface area (Å²) in [7, 11) is 1.57. The minimum atomic E-state index is -4.52. The van der Waals surface area contributed by atoms with Crippen LogP contribution in [-0.2, 0) is 25.8 Å². The first kappa shape index (κ1) is 18.8. The fourth-order valence-corrected chi connectivity index (χ4v) is 3.67. The molecule has 0 saturated carbocycles. The summed E-state index contributed by atoms with van der Waals surface area (Å²) in [5.41, 5.74) is 2.22. The second-order valence-electron chi connectivity index (χ2n) is 6.57. The van der Waals surface area contributed by atoms with Gasteiger partial charge in [-0.1, -0.05) is 29.8 Å². The lowest BCUT2D eigenvalue weighted by Gasteiger charge is -2.16. The lowest BCUT2D eigenvalue weighted by molar-refractivity contribution is -0.137. The number of aromatic nitrogens is 2. The summed E-state index contributed by atoms with van der Waals surface area (Å²) >= 11 is 5.86. The molecular weight excluding hydrogens is 391 g/mol. The highest BCUT2D eigenvalue weighted by molar-refractivity contribution is 6.30. The van der Waals surface area contributed by atoms with Crippen LogP contribution in [-0.4, -0.2) is 16.9 Å². The van der Waals surface area contributed by atoms with E-state index in [1.807, 2.05) is 24.3 Å². The summed E-state index contributed by atoms with van der Waals surface area (Å²) in [6.45, 7) is 1.34. The molecule has 1 aliphatic heterocycles. The second kappa shape index (κ2) is 7.14. The lowest BCUT2D eigenvalue weighted by atomic mass is 10.00. The predicted octanol–water partition coefficient (Wildman–Crippen LogP) is 4.88. The Labute approximate surface area is 164 Å². The molecule has 0 spiro atoms. The van der Waals surface area contributed by atoms with Crippen molar-refractivity contribution in [3.05, 3.63) is 69.9 Å². The number of nitrogens with one attached hydrogen (secondary N) is 1. The summed E-state index contributed by atoms with van der Waals surface area (Å²) in [6.07, 6.45) is -4.52. The Kier molecular flexibility index (Phi) is 4.81. The standard InChI is InChI=1S/C20H17ClF3N3O/c1-28-14-4-2-3-12(7-14)11-27-19(16-9-25-10-18(16)26-27)15-6-5-13(21)8-17(15)20(22,23)24/h2-8,25H,9-11H2,1H3. The molecule has 0 saturated heterocycles. The van der Waals surface area contributed by atoms with E-state index in [9.17, 15) is 13.2 Å². The molecule has 8 heteroatoms. The summed E-state index contributed by atoms with van der Waals surface area (Å²) in [5, 5.41) is 7.78. The maximum absolute atomic E-state index is 13.7. The highest BCUT2D eigenvalue weighted by Gasteiger charge is 2.36. The van der Waals surface area contributed by atoms with Gasteiger partial charge in [-0.05, 0) is 29.8 Å². The summed E-state index contributed by atoms with van der Waals surface area (Å²) < 4.78 is 48.0. The average molecular weight is 408 g/mol. The van der Waals surface area contributed by atoms with Crippen LogP contribution in [0.2, 0.25) is 5.02 Å². The third-order valence-corrected chi connectivity index (χ3v) is 4.97. The van der Waals surface area contributed by atoms with Crippen LogP contribution in [0.25, 0.3) is 11.3 Å². The van der Waals surface area contributed by atoms with Gasteiger partial charge in [0.15, 0.2) is 0 Å². The number of halogens is 4. The van der Waals surface area contributed by atoms with E-state index in [1.54, 1.807) is 11.8 Å². The Balaban J connectivity index is 1.86. The van der Waals surface area contributed by atoms with Crippen molar-refractivity contribution >= 4 is 11.6 Å². The number of hydrogen-bond donors (Lipinski definition) is 1. The molecule has 0 unspecified atom stereocenters. The van der Waals surface area contributed by atoms with Gasteiger partial charge in [-0.25, -0.2) is 0 Å². The fourth-order valence-electron chi connectivity index (χ4n) is 3.50. The Hall–Kier alpha value is -2.51. The third kappa shape index (κ3) is 3.47. The van der Waals surface area contributed by atoms with Crippen LogP contribution in [0.4, 0.5) is 13.2 Å². The molecule has 0 fully saturated rings. The molecule has 1 N–H and O–H groups in total. The third-order valence-electron chi connectivity index (χ3n) is 4.74. The Morgan fingerprint density at radius 3 is 2.75 bits per heavy atom. The Morgan fingerprint density at radius 1 is 1.18 bits per heavy atom. The van der Waals surface area contributed by atoms with Crippen LogP contribution in [0.3, 0.4) is 0 Å². The normalized spacial score (nSPS) is 13.6. The second-order valence-corrected chi connectivity index (χ2v) is 7.01. The van der Waals surface area contributed by atoms with Crippen molar-refractivity contribution < 1.29 is 17.9 Å². The van der Waals surface area contributed by atoms with E-state index >= 15 is 0 Å². The molecule has 2 aromatic carbocycles. The molecule has 2 heterocycles. The summed E-state index contributed by atoms with van der Waals surface area (Å²) in [4.78, 5) is 0. The predicted molar refractivity (Wildman–Crippen MR) is 100 cm³/mol. The molecule has 28 heavy (non-hydrogen) atoms. The number of nitrogens with zero attached hydrogens (tertiary/aromatic N) is 2. The molecule has 0 radical (unpaired) electrons. The lowest BCUT2D eigenvalue weighted by Crippen LogP contribution is -2.13. The summed E-state index contributed by atoms with van der Waals surface area (Å²) in [6, 6.07) is 11.3. The molecule has 3 aromatic rings. The fraction of sp³-hybridized carbons (Fsp3) is 0.250. The van der Waals surface area contributed by atoms with Gasteiger partial charge in [-0.2, -0.15) is 18.3 Å². The topological polar surface area (TPSA) is 39.1 Å². The monoisotopic (exact) mass is 407 g/mol. The number of hydrogen-bond acceptors (Lipinski definition) is 3. The Bertz CT molecular complexity index is 1030. The molecule has 1 aromatic heterocycles. The minimum Gasteiger partial charge on any atom is -0.497 e. The maximum atomic E-state index is 13.7. The minimum absolute atomic E-state index is 0.0460. The van der Waals surface area contributed by atoms with Crippen molar-refractivity contribution in [2.24, 2.45) is 0 Å². The van der Waals surface area contributed by atoms with E-state index in [2.05, 4.69) is 10.4 Å². The van der Waals surface area contributed by atoms with E-state index in [4.69, 9.17) is 16.3 Å². The number of fused-ring (bicyclic) bond motifs is 1. The number of benzene rings is 2. The van der Waals surface area contributed by atoms with Crippen LogP contribution in [0.1, 0.15) is 22.4 Å². The van der Waals surface area contributed by atoms with Gasteiger partial charge in [0.2, 0.25) is 0 Å². The highest BCUT2D eigenvalue weighted by Crippen LogP contribution is 2.41. The van der Waals surface area contributed by atoms with Crippen LogP contribution >= 0.6 is 11.6 Å². The van der Waals surface area contributed by atoms with E-state index in [1.165, 1.54) is 12.1 Å². The zero-order valence-electron chi connectivity index (χ0n) is 15.0. The van der Waals surface area contributed by atoms with Gasteiger partial charge in [0.1, 0.15) is 5.75 Å². The number of rotatable bonds is 4. The van der Waals surface area contributed by atoms with E-state index in [0.717, 1.165) is 22.9 Å². The van der Waals surface area contributed by atoms with Crippen molar-refractivity contribution in [2.45, 2.75) is 25.8 Å². The molecule has 146 valence electrons. The van der Waals surface area contributed by atoms with E-state index < -0.39 is 11.7 Å². The van der Waals surface area contributed by atoms with Crippen molar-refractivity contribution in [3.63, 3.8) is 0 Å². The molecular formula is C20H17ClF3N3O. The van der Waals surface area contributed by atoms with Crippen LogP contribution < -0.4 is 10.1 Å². The van der Waals surface area contributed by atoms with E-state index in [0.29, 0.717) is 31.1 Å². The van der Waals surface area contributed by atoms with Crippen molar-refractivity contribution in [3.8, 4) is 17.0 Å². The largest absolute Gasteiger partial charge is 0.497 e. The zero-order chi connectivity index (χ0) is 19.9. The van der Waals surface area contributed by atoms with Gasteiger partial charge in [0, 0.05) is 29.2 Å². The number of methoxy groups -OCH3 is 1. The molecule has 0 atom stereocenters. The number of alkyl halides is 3. The highest BCUT2D eigenvalue weighted by atomic mass is 35.5. The summed E-state index contributed by atoms with van der Waals surface area (Å²) in [5.74, 6) is 0.683. The van der Waals surface area contributed by atoms with Crippen LogP contribution in [0, 0.1) is 0 Å². The first-order valence-corrected chi connectivity index (χ1v) is 9.04. The van der Waals surface area contributed by atoms with Crippen molar-refractivity contribution in [2.75, 3.05) is 7.11 Å². The van der Waals surface area contributed by atoms with Crippen LogP contribution in [0.5, 0.6) is 5.75 Å². The molecule has 4 nitrogen and oxygen atoms in total. The van der Waals surface area contributed by atoms with E-state index in [-0.39, 0.29) is 10.6 Å². The molecule has 0 aliphatic carbocycles. The zero-order valence-corrected chi connectivity index (χ0v) is 15.7. The van der Waals surface area contributed by atoms with Gasteiger partial charge in [-0.15, -0.1) is 0 Å². The first-order chi connectivity index (χ1) is 13.4. The van der Waals surface area contributed by atoms with Gasteiger partial charge >= 0.3 is 6.18 Å². The Morgan fingerprint density at radius 2 is 2.00 bits per heavy atom. The van der Waals surface area contributed by atoms with Crippen LogP contribution in [0.15, 0.2) is 42.5 Å². The van der Waals surface area contributed by atoms with Crippen molar-refractivity contribution in [1.29, 1.82) is 0 Å². The molecule has 0 amide bonds. The molecule has 4 rings (SSSR count). The van der Waals surface area contributed by atoms with Gasteiger partial charge < -0.3 is 10.1 Å². The molecule has 1 aliphatic rings. The first-order valence-electron chi connectivity index (χ1n) is 8.66. The van der Waals surface area contributed by atoms with Crippen molar-refractivity contribution in [1.82, 2.24) is 15.1 Å². The van der Waals surface area contributed by atoms with Gasteiger partial charge in [0.05, 0.1) is 30.6 Å². The molecule has 0 bridgehead atoms. The smallest absolute Gasteiger partial charge is 0.417 e. The quantitative estimate of drug-likeness (QED) is 0.669. The van der Waals surface area contributed by atoms with Gasteiger partial charge in [-0.3, -0.25) is 4.68 Å². The SMILES string of the molecule is COc1cccc(Cn2nc3c(c2-c2ccc(Cl)cc2C(F)(F)F)CNC3)c1. The van der Waals surface area contributed by atoms with Gasteiger partial charge in [0.25, 0.3) is 0 Å². The maximum Gasteiger partial charge on any atom is 0.417 e. The average Bonchev–Trinajstić information content (AvgIpc) is 3.22.